The SMILES string of the molecule is C/C(N)=C(/C#N)C(=O)CSc1ccccn1. The average Bonchev–Trinajstić information content (AvgIpc) is 2.28. The summed E-state index contributed by atoms with van der Waals surface area (Å²) in [6, 6.07) is 7.26. The van der Waals surface area contributed by atoms with Crippen LogP contribution in [-0.4, -0.2) is 16.5 Å². The Labute approximate surface area is 98.2 Å². The highest BCUT2D eigenvalue weighted by Gasteiger charge is 2.11. The zero-order valence-electron chi connectivity index (χ0n) is 8.80. The van der Waals surface area contributed by atoms with Crippen molar-refractivity contribution in [3.8, 4) is 6.07 Å². The quantitative estimate of drug-likeness (QED) is 0.484. The first-order chi connectivity index (χ1) is 7.65. The molecule has 1 aromatic heterocycles. The Bertz CT molecular complexity index is 444. The van der Waals surface area contributed by atoms with E-state index in [1.54, 1.807) is 19.2 Å². The molecule has 0 aliphatic heterocycles. The van der Waals surface area contributed by atoms with Crippen LogP contribution in [0.3, 0.4) is 0 Å². The van der Waals surface area contributed by atoms with Crippen LogP contribution in [0, 0.1) is 11.3 Å². The molecular weight excluding hydrogens is 222 g/mol. The predicted molar refractivity (Wildman–Crippen MR) is 62.5 cm³/mol. The number of nitrogens with two attached hydrogens (primary N) is 1. The number of carbonyl (C=O) groups is 1. The van der Waals surface area contributed by atoms with Gasteiger partial charge in [-0.3, -0.25) is 4.79 Å². The summed E-state index contributed by atoms with van der Waals surface area (Å²) in [4.78, 5) is 15.6. The van der Waals surface area contributed by atoms with Crippen molar-refractivity contribution in [3.05, 3.63) is 35.7 Å². The first-order valence-electron chi connectivity index (χ1n) is 4.58. The molecule has 82 valence electrons. The lowest BCUT2D eigenvalue weighted by Gasteiger charge is -2.00. The predicted octanol–water partition coefficient (Wildman–Crippen LogP) is 1.50. The standard InChI is InChI=1S/C11H11N3OS/c1-8(13)9(6-12)10(15)7-16-11-4-2-3-5-14-11/h2-5H,7,13H2,1H3/b9-8+. The van der Waals surface area contributed by atoms with Crippen molar-refractivity contribution >= 4 is 17.5 Å². The lowest BCUT2D eigenvalue weighted by molar-refractivity contribution is -0.112. The van der Waals surface area contributed by atoms with Crippen molar-refractivity contribution in [2.24, 2.45) is 5.73 Å². The van der Waals surface area contributed by atoms with Gasteiger partial charge in [0.05, 0.1) is 10.8 Å². The molecule has 1 rings (SSSR count). The number of nitrogens with zero attached hydrogens (tertiary/aromatic N) is 2. The van der Waals surface area contributed by atoms with Crippen LogP contribution in [0.15, 0.2) is 40.7 Å². The van der Waals surface area contributed by atoms with E-state index in [9.17, 15) is 4.79 Å². The Balaban J connectivity index is 2.61. The average molecular weight is 233 g/mol. The van der Waals surface area contributed by atoms with Crippen LogP contribution in [0.2, 0.25) is 0 Å². The number of ketones is 1. The highest BCUT2D eigenvalue weighted by atomic mass is 32.2. The van der Waals surface area contributed by atoms with E-state index in [4.69, 9.17) is 11.0 Å². The Morgan fingerprint density at radius 3 is 2.88 bits per heavy atom. The number of allylic oxidation sites excluding steroid dienone is 2. The second kappa shape index (κ2) is 5.93. The minimum absolute atomic E-state index is 0.0310. The van der Waals surface area contributed by atoms with Gasteiger partial charge >= 0.3 is 0 Å². The van der Waals surface area contributed by atoms with Crippen LogP contribution in [0.4, 0.5) is 0 Å². The van der Waals surface area contributed by atoms with Crippen LogP contribution < -0.4 is 5.73 Å². The number of pyridine rings is 1. The summed E-state index contributed by atoms with van der Waals surface area (Å²) in [5, 5.41) is 9.48. The molecule has 0 radical (unpaired) electrons. The number of Topliss-reactive ketones (excluding diaryl/α,β-unsaturated/α-hetero) is 1. The fourth-order valence-corrected chi connectivity index (χ4v) is 1.75. The fourth-order valence-electron chi connectivity index (χ4n) is 1.01. The maximum atomic E-state index is 11.6. The summed E-state index contributed by atoms with van der Waals surface area (Å²) in [5.74, 6) is -0.0906. The molecule has 0 saturated heterocycles. The maximum Gasteiger partial charge on any atom is 0.185 e. The third-order valence-electron chi connectivity index (χ3n) is 1.77. The smallest absolute Gasteiger partial charge is 0.185 e. The molecule has 0 aliphatic carbocycles. The van der Waals surface area contributed by atoms with Crippen molar-refractivity contribution < 1.29 is 4.79 Å². The number of carbonyl (C=O) groups excluding carboxylic acids is 1. The van der Waals surface area contributed by atoms with Gasteiger partial charge in [0.25, 0.3) is 0 Å². The van der Waals surface area contributed by atoms with Crippen LogP contribution in [0.25, 0.3) is 0 Å². The van der Waals surface area contributed by atoms with E-state index in [1.807, 2.05) is 18.2 Å². The van der Waals surface area contributed by atoms with E-state index in [1.165, 1.54) is 11.8 Å². The van der Waals surface area contributed by atoms with Crippen LogP contribution in [-0.2, 0) is 4.79 Å². The summed E-state index contributed by atoms with van der Waals surface area (Å²) in [7, 11) is 0. The van der Waals surface area contributed by atoms with Crippen LogP contribution in [0.5, 0.6) is 0 Å². The Kier molecular flexibility index (Phi) is 4.55. The number of thioether (sulfide) groups is 1. The number of hydrogen-bond acceptors (Lipinski definition) is 5. The van der Waals surface area contributed by atoms with E-state index in [0.717, 1.165) is 5.03 Å². The molecule has 1 heterocycles. The zero-order valence-corrected chi connectivity index (χ0v) is 9.62. The van der Waals surface area contributed by atoms with Crippen molar-refractivity contribution in [2.45, 2.75) is 11.9 Å². The second-order valence-corrected chi connectivity index (χ2v) is 4.05. The zero-order chi connectivity index (χ0) is 12.0. The molecule has 0 aliphatic rings. The summed E-state index contributed by atoms with van der Waals surface area (Å²) in [5.41, 5.74) is 5.72. The maximum absolute atomic E-state index is 11.6. The third kappa shape index (κ3) is 3.41. The molecule has 1 aromatic rings. The number of hydrogen-bond donors (Lipinski definition) is 1. The summed E-state index contributed by atoms with van der Waals surface area (Å²) in [6.07, 6.45) is 1.65. The van der Waals surface area contributed by atoms with Gasteiger partial charge in [-0.2, -0.15) is 5.26 Å². The van der Waals surface area contributed by atoms with Crippen molar-refractivity contribution in [2.75, 3.05) is 5.75 Å². The van der Waals surface area contributed by atoms with Gasteiger partial charge in [-0.05, 0) is 19.1 Å². The second-order valence-electron chi connectivity index (χ2n) is 3.05. The molecule has 0 saturated carbocycles. The van der Waals surface area contributed by atoms with E-state index < -0.39 is 0 Å². The monoisotopic (exact) mass is 233 g/mol. The Morgan fingerprint density at radius 1 is 1.62 bits per heavy atom. The van der Waals surface area contributed by atoms with E-state index in [0.29, 0.717) is 0 Å². The molecule has 0 fully saturated rings. The number of rotatable bonds is 4. The third-order valence-corrected chi connectivity index (χ3v) is 2.72. The molecule has 5 heteroatoms. The van der Waals surface area contributed by atoms with Gasteiger partial charge in [0.2, 0.25) is 0 Å². The van der Waals surface area contributed by atoms with Gasteiger partial charge in [0.1, 0.15) is 11.6 Å². The normalized spacial score (nSPS) is 11.5. The lowest BCUT2D eigenvalue weighted by Crippen LogP contribution is -2.10. The molecule has 0 atom stereocenters. The van der Waals surface area contributed by atoms with Gasteiger partial charge in [-0.25, -0.2) is 4.98 Å². The number of nitriles is 1. The molecule has 4 nitrogen and oxygen atoms in total. The van der Waals surface area contributed by atoms with E-state index in [2.05, 4.69) is 4.98 Å². The molecule has 0 spiro atoms. The molecule has 0 amide bonds. The minimum Gasteiger partial charge on any atom is -0.401 e. The summed E-state index contributed by atoms with van der Waals surface area (Å²) < 4.78 is 0. The minimum atomic E-state index is -0.266. The molecule has 0 aromatic carbocycles. The number of aromatic nitrogens is 1. The largest absolute Gasteiger partial charge is 0.401 e. The summed E-state index contributed by atoms with van der Waals surface area (Å²) >= 11 is 1.29. The van der Waals surface area contributed by atoms with E-state index >= 15 is 0 Å². The molecule has 2 N–H and O–H groups in total. The van der Waals surface area contributed by atoms with Gasteiger partial charge < -0.3 is 5.73 Å². The van der Waals surface area contributed by atoms with Crippen molar-refractivity contribution in [1.29, 1.82) is 5.26 Å². The van der Waals surface area contributed by atoms with Gasteiger partial charge in [-0.1, -0.05) is 17.8 Å². The highest BCUT2D eigenvalue weighted by Crippen LogP contribution is 2.15. The van der Waals surface area contributed by atoms with E-state index in [-0.39, 0.29) is 22.8 Å². The fraction of sp³-hybridized carbons (Fsp3) is 0.182. The molecule has 0 unspecified atom stereocenters. The van der Waals surface area contributed by atoms with Gasteiger partial charge in [0.15, 0.2) is 5.78 Å². The topological polar surface area (TPSA) is 79.8 Å². The first-order valence-corrected chi connectivity index (χ1v) is 5.57. The van der Waals surface area contributed by atoms with Gasteiger partial charge in [0, 0.05) is 11.9 Å². The van der Waals surface area contributed by atoms with Crippen molar-refractivity contribution in [1.82, 2.24) is 4.98 Å². The lowest BCUT2D eigenvalue weighted by atomic mass is 10.2. The van der Waals surface area contributed by atoms with Crippen LogP contribution >= 0.6 is 11.8 Å². The summed E-state index contributed by atoms with van der Waals surface area (Å²) in [6.45, 7) is 1.54. The Hall–Kier alpha value is -1.80. The van der Waals surface area contributed by atoms with Crippen LogP contribution in [0.1, 0.15) is 6.92 Å². The molecule has 16 heavy (non-hydrogen) atoms. The first kappa shape index (κ1) is 12.3. The van der Waals surface area contributed by atoms with Gasteiger partial charge in [-0.15, -0.1) is 0 Å². The molecular formula is C11H11N3OS. The molecule has 0 bridgehead atoms. The highest BCUT2D eigenvalue weighted by molar-refractivity contribution is 7.99. The Morgan fingerprint density at radius 2 is 2.38 bits per heavy atom. The van der Waals surface area contributed by atoms with Crippen molar-refractivity contribution in [3.63, 3.8) is 0 Å².